The van der Waals surface area contributed by atoms with Gasteiger partial charge in [0, 0.05) is 0 Å². The third kappa shape index (κ3) is 27.8. The second-order valence-corrected chi connectivity index (χ2v) is 1.54. The molecule has 0 aromatic rings. The molecule has 10 heavy (non-hydrogen) atoms. The van der Waals surface area contributed by atoms with Gasteiger partial charge in [-0.15, -0.1) is 5.11 Å². The van der Waals surface area contributed by atoms with E-state index in [1.165, 1.54) is 12.8 Å². The Morgan fingerprint density at radius 2 is 2.20 bits per heavy atom. The minimum Gasteiger partial charge on any atom is -0.330 e. The fraction of sp³-hybridized carbons (Fsp3) is 0.800. The molecule has 0 aliphatic rings. The molecule has 0 aromatic carbocycles. The fourth-order valence-corrected chi connectivity index (χ4v) is 0.237. The zero-order valence-electron chi connectivity index (χ0n) is 6.25. The zero-order chi connectivity index (χ0) is 8.24. The number of hydrogen-bond donors (Lipinski definition) is 3. The van der Waals surface area contributed by atoms with E-state index in [9.17, 15) is 0 Å². The van der Waals surface area contributed by atoms with Crippen LogP contribution in [-0.2, 0) is 0 Å². The molecule has 0 radical (unpaired) electrons. The maximum absolute atomic E-state index is 6.00. The SMILES string of the molecule is CCCCN.N=NC=NN. The lowest BCUT2D eigenvalue weighted by Crippen LogP contribution is -1.95. The third-order valence-corrected chi connectivity index (χ3v) is 0.682. The Kier molecular flexibility index (Phi) is 18.5. The summed E-state index contributed by atoms with van der Waals surface area (Å²) in [7, 11) is 0. The number of nitrogens with two attached hydrogens (primary N) is 2. The Bertz CT molecular complexity index is 78.1. The number of nitrogens with zero attached hydrogens (tertiary/aromatic N) is 2. The van der Waals surface area contributed by atoms with Crippen LogP contribution in [0.25, 0.3) is 0 Å². The van der Waals surface area contributed by atoms with E-state index in [2.05, 4.69) is 23.0 Å². The topological polar surface area (TPSA) is 101 Å². The van der Waals surface area contributed by atoms with Crippen molar-refractivity contribution in [3.8, 4) is 0 Å². The minimum atomic E-state index is 0.844. The monoisotopic (exact) mass is 145 g/mol. The Morgan fingerprint density at radius 3 is 2.20 bits per heavy atom. The summed E-state index contributed by atoms with van der Waals surface area (Å²) in [4.78, 5) is 0. The summed E-state index contributed by atoms with van der Waals surface area (Å²) >= 11 is 0. The Hall–Kier alpha value is -0.970. The lowest BCUT2D eigenvalue weighted by atomic mass is 10.3. The van der Waals surface area contributed by atoms with Gasteiger partial charge < -0.3 is 11.6 Å². The Labute approximate surface area is 61.0 Å². The van der Waals surface area contributed by atoms with Crippen LogP contribution >= 0.6 is 0 Å². The number of hydrazone groups is 1. The molecular formula is C5H15N5. The van der Waals surface area contributed by atoms with Crippen LogP contribution in [0.3, 0.4) is 0 Å². The molecule has 0 saturated heterocycles. The highest BCUT2D eigenvalue weighted by Crippen LogP contribution is 1.77. The number of unbranched alkanes of at least 4 members (excludes halogenated alkanes) is 1. The van der Waals surface area contributed by atoms with E-state index in [1.54, 1.807) is 0 Å². The molecule has 5 heteroatoms. The van der Waals surface area contributed by atoms with Gasteiger partial charge in [-0.3, -0.25) is 0 Å². The summed E-state index contributed by atoms with van der Waals surface area (Å²) in [5, 5.41) is 5.56. The highest BCUT2D eigenvalue weighted by molar-refractivity contribution is 5.52. The first-order chi connectivity index (χ1) is 4.83. The maximum atomic E-state index is 6.00. The van der Waals surface area contributed by atoms with Gasteiger partial charge in [0.05, 0.1) is 0 Å². The molecule has 0 aromatic heterocycles. The third-order valence-electron chi connectivity index (χ3n) is 0.682. The van der Waals surface area contributed by atoms with Gasteiger partial charge in [0.15, 0.2) is 6.34 Å². The van der Waals surface area contributed by atoms with Crippen LogP contribution in [0.5, 0.6) is 0 Å². The van der Waals surface area contributed by atoms with Gasteiger partial charge in [-0.1, -0.05) is 13.3 Å². The first-order valence-electron chi connectivity index (χ1n) is 3.11. The molecule has 60 valence electrons. The minimum absolute atomic E-state index is 0.844. The van der Waals surface area contributed by atoms with E-state index < -0.39 is 0 Å². The van der Waals surface area contributed by atoms with Crippen LogP contribution in [0.1, 0.15) is 19.8 Å². The summed E-state index contributed by atoms with van der Waals surface area (Å²) in [6, 6.07) is 0. The molecule has 0 spiro atoms. The van der Waals surface area contributed by atoms with E-state index in [-0.39, 0.29) is 0 Å². The average molecular weight is 145 g/mol. The van der Waals surface area contributed by atoms with Crippen LogP contribution in [0.2, 0.25) is 0 Å². The lowest BCUT2D eigenvalue weighted by Gasteiger charge is -1.80. The largest absolute Gasteiger partial charge is 0.330 e. The van der Waals surface area contributed by atoms with Crippen molar-refractivity contribution in [2.75, 3.05) is 6.54 Å². The summed E-state index contributed by atoms with van der Waals surface area (Å²) < 4.78 is 0. The number of rotatable bonds is 3. The predicted molar refractivity (Wildman–Crippen MR) is 41.8 cm³/mol. The standard InChI is InChI=1S/C4H11N.CH4N4/c1-2-3-4-5;2-4-1-5-3/h2-5H2,1H3;1-2H,3H2. The normalized spacial score (nSPS) is 8.60. The van der Waals surface area contributed by atoms with Crippen LogP contribution in [0.4, 0.5) is 0 Å². The van der Waals surface area contributed by atoms with Crippen molar-refractivity contribution in [3.05, 3.63) is 0 Å². The van der Waals surface area contributed by atoms with Crippen molar-refractivity contribution in [1.82, 2.24) is 0 Å². The molecule has 0 unspecified atom stereocenters. The predicted octanol–water partition coefficient (Wildman–Crippen LogP) is 0.665. The molecule has 0 heterocycles. The van der Waals surface area contributed by atoms with Crippen LogP contribution in [0.15, 0.2) is 10.2 Å². The molecule has 5 N–H and O–H groups in total. The summed E-state index contributed by atoms with van der Waals surface area (Å²) in [6.07, 6.45) is 3.33. The molecular weight excluding hydrogens is 130 g/mol. The molecule has 0 saturated carbocycles. The van der Waals surface area contributed by atoms with Gasteiger partial charge in [-0.2, -0.15) is 5.10 Å². The second kappa shape index (κ2) is 15.7. The highest BCUT2D eigenvalue weighted by atomic mass is 15.2. The lowest BCUT2D eigenvalue weighted by molar-refractivity contribution is 0.807. The maximum Gasteiger partial charge on any atom is 0.156 e. The van der Waals surface area contributed by atoms with Crippen molar-refractivity contribution in [2.24, 2.45) is 21.8 Å². The van der Waals surface area contributed by atoms with Gasteiger partial charge in [0.25, 0.3) is 0 Å². The Morgan fingerprint density at radius 1 is 1.60 bits per heavy atom. The molecule has 0 atom stereocenters. The number of hydrogen-bond acceptors (Lipinski definition) is 4. The van der Waals surface area contributed by atoms with Crippen molar-refractivity contribution < 1.29 is 0 Å². The van der Waals surface area contributed by atoms with E-state index in [0.29, 0.717) is 0 Å². The van der Waals surface area contributed by atoms with Crippen LogP contribution in [0, 0.1) is 5.53 Å². The van der Waals surface area contributed by atoms with Crippen molar-refractivity contribution >= 4 is 6.34 Å². The summed E-state index contributed by atoms with van der Waals surface area (Å²) in [5.74, 6) is 4.49. The molecule has 0 bridgehead atoms. The molecule has 0 aliphatic heterocycles. The van der Waals surface area contributed by atoms with Gasteiger partial charge in [-0.05, 0) is 13.0 Å². The van der Waals surface area contributed by atoms with Crippen molar-refractivity contribution in [1.29, 1.82) is 5.53 Å². The molecule has 5 nitrogen and oxygen atoms in total. The Balaban J connectivity index is 0. The molecule has 0 rings (SSSR count). The van der Waals surface area contributed by atoms with Gasteiger partial charge >= 0.3 is 0 Å². The quantitative estimate of drug-likeness (QED) is 0.179. The average Bonchev–Trinajstić information content (AvgIpc) is 1.93. The van der Waals surface area contributed by atoms with Gasteiger partial charge in [0.2, 0.25) is 0 Å². The summed E-state index contributed by atoms with van der Waals surface area (Å²) in [5.41, 5.74) is 11.1. The highest BCUT2D eigenvalue weighted by Gasteiger charge is 1.67. The fourth-order valence-electron chi connectivity index (χ4n) is 0.237. The van der Waals surface area contributed by atoms with E-state index in [4.69, 9.17) is 11.3 Å². The van der Waals surface area contributed by atoms with Crippen molar-refractivity contribution in [3.63, 3.8) is 0 Å². The van der Waals surface area contributed by atoms with Crippen LogP contribution < -0.4 is 11.6 Å². The first-order valence-corrected chi connectivity index (χ1v) is 3.11. The first kappa shape index (κ1) is 11.8. The van der Waals surface area contributed by atoms with Crippen LogP contribution in [-0.4, -0.2) is 12.9 Å². The molecule has 0 fully saturated rings. The second-order valence-electron chi connectivity index (χ2n) is 1.54. The van der Waals surface area contributed by atoms with Crippen molar-refractivity contribution in [2.45, 2.75) is 19.8 Å². The van der Waals surface area contributed by atoms with E-state index >= 15 is 0 Å². The zero-order valence-corrected chi connectivity index (χ0v) is 6.25. The smallest absolute Gasteiger partial charge is 0.156 e. The van der Waals surface area contributed by atoms with E-state index in [0.717, 1.165) is 12.9 Å². The molecule has 0 amide bonds. The van der Waals surface area contributed by atoms with Gasteiger partial charge in [0.1, 0.15) is 0 Å². The summed E-state index contributed by atoms with van der Waals surface area (Å²) in [6.45, 7) is 2.98. The molecule has 0 aliphatic carbocycles. The number of nitrogens with one attached hydrogen (secondary N) is 1. The van der Waals surface area contributed by atoms with E-state index in [1.807, 2.05) is 0 Å². The van der Waals surface area contributed by atoms with Gasteiger partial charge in [-0.25, -0.2) is 5.53 Å².